The number of rotatable bonds is 8. The number of phenols is 1. The van der Waals surface area contributed by atoms with Crippen LogP contribution >= 0.6 is 0 Å². The van der Waals surface area contributed by atoms with E-state index in [4.69, 9.17) is 14.2 Å². The molecule has 0 aliphatic carbocycles. The molecule has 6 heteroatoms. The average molecular weight is 380 g/mol. The second-order valence-corrected chi connectivity index (χ2v) is 6.41. The van der Waals surface area contributed by atoms with Gasteiger partial charge in [-0.1, -0.05) is 19.1 Å². The fourth-order valence-electron chi connectivity index (χ4n) is 2.54. The van der Waals surface area contributed by atoms with E-state index >= 15 is 0 Å². The maximum absolute atomic E-state index is 10.0. The van der Waals surface area contributed by atoms with Crippen molar-refractivity contribution in [3.63, 3.8) is 0 Å². The Morgan fingerprint density at radius 1 is 1.04 bits per heavy atom. The maximum Gasteiger partial charge on any atom is 0.217 e. The molecule has 28 heavy (non-hydrogen) atoms. The van der Waals surface area contributed by atoms with Gasteiger partial charge in [0.2, 0.25) is 5.88 Å². The van der Waals surface area contributed by atoms with E-state index in [-0.39, 0.29) is 11.9 Å². The minimum Gasteiger partial charge on any atom is -0.508 e. The summed E-state index contributed by atoms with van der Waals surface area (Å²) in [5, 5.41) is 10.0. The van der Waals surface area contributed by atoms with Gasteiger partial charge in [-0.25, -0.2) is 4.98 Å². The Kier molecular flexibility index (Phi) is 6.32. The van der Waals surface area contributed by atoms with Crippen molar-refractivity contribution in [2.75, 3.05) is 7.11 Å². The zero-order chi connectivity index (χ0) is 19.9. The molecular weight excluding hydrogens is 356 g/mol. The fraction of sp³-hybridized carbons (Fsp3) is 0.273. The third-order valence-electron chi connectivity index (χ3n) is 4.24. The largest absolute Gasteiger partial charge is 0.508 e. The lowest BCUT2D eigenvalue weighted by molar-refractivity contribution is 0.217. The van der Waals surface area contributed by atoms with Gasteiger partial charge in [0.05, 0.1) is 13.2 Å². The number of ether oxygens (including phenoxy) is 3. The zero-order valence-corrected chi connectivity index (χ0v) is 16.3. The van der Waals surface area contributed by atoms with E-state index in [9.17, 15) is 5.11 Å². The molecule has 1 N–H and O–H groups in total. The van der Waals surface area contributed by atoms with Crippen LogP contribution in [0, 0.1) is 0 Å². The number of hydrogen-bond acceptors (Lipinski definition) is 6. The predicted octanol–water partition coefficient (Wildman–Crippen LogP) is 4.61. The maximum atomic E-state index is 10.0. The summed E-state index contributed by atoms with van der Waals surface area (Å²) >= 11 is 0. The van der Waals surface area contributed by atoms with E-state index in [0.29, 0.717) is 29.6 Å². The van der Waals surface area contributed by atoms with Crippen LogP contribution in [0.25, 0.3) is 11.4 Å². The number of nitrogens with zero attached hydrogens (tertiary/aromatic N) is 2. The lowest BCUT2D eigenvalue weighted by Crippen LogP contribution is -2.09. The summed E-state index contributed by atoms with van der Waals surface area (Å²) in [6, 6.07) is 14.3. The molecule has 3 aromatic rings. The van der Waals surface area contributed by atoms with E-state index in [1.165, 1.54) is 0 Å². The number of methoxy groups -OCH3 is 1. The van der Waals surface area contributed by atoms with Gasteiger partial charge in [0.1, 0.15) is 23.9 Å². The lowest BCUT2D eigenvalue weighted by Gasteiger charge is -2.14. The minimum absolute atomic E-state index is 0.0507. The third-order valence-corrected chi connectivity index (χ3v) is 4.24. The first-order valence-corrected chi connectivity index (χ1v) is 9.17. The van der Waals surface area contributed by atoms with Crippen molar-refractivity contribution in [1.82, 2.24) is 9.97 Å². The molecule has 0 spiro atoms. The van der Waals surface area contributed by atoms with Crippen molar-refractivity contribution in [1.29, 1.82) is 0 Å². The third kappa shape index (κ3) is 5.13. The molecule has 6 nitrogen and oxygen atoms in total. The standard InChI is InChI=1S/C22H24N2O4/c1-4-15(2)28-20-12-17(11-18(25)13-20)22-23-10-9-21(24-22)27-14-16-5-7-19(26-3)8-6-16/h5-13,15,25H,4,14H2,1-3H3. The van der Waals surface area contributed by atoms with E-state index in [0.717, 1.165) is 17.7 Å². The molecule has 1 heterocycles. The first kappa shape index (κ1) is 19.5. The molecular formula is C22H24N2O4. The molecule has 1 unspecified atom stereocenters. The molecule has 0 saturated heterocycles. The normalized spacial score (nSPS) is 11.7. The monoisotopic (exact) mass is 380 g/mol. The van der Waals surface area contributed by atoms with Crippen LogP contribution in [0.4, 0.5) is 0 Å². The Labute approximate surface area is 164 Å². The Bertz CT molecular complexity index is 913. The number of phenolic OH excluding ortho intramolecular Hbond substituents is 1. The molecule has 146 valence electrons. The van der Waals surface area contributed by atoms with Gasteiger partial charge in [0.25, 0.3) is 0 Å². The summed E-state index contributed by atoms with van der Waals surface area (Å²) in [6.45, 7) is 4.40. The van der Waals surface area contributed by atoms with Crippen LogP contribution in [0.1, 0.15) is 25.8 Å². The first-order valence-electron chi connectivity index (χ1n) is 9.17. The van der Waals surface area contributed by atoms with E-state index in [1.54, 1.807) is 31.5 Å². The van der Waals surface area contributed by atoms with Crippen molar-refractivity contribution in [3.8, 4) is 34.5 Å². The highest BCUT2D eigenvalue weighted by Crippen LogP contribution is 2.29. The van der Waals surface area contributed by atoms with Crippen molar-refractivity contribution >= 4 is 0 Å². The molecule has 0 aliphatic heterocycles. The topological polar surface area (TPSA) is 73.7 Å². The van der Waals surface area contributed by atoms with Crippen LogP contribution in [0.5, 0.6) is 23.1 Å². The fourth-order valence-corrected chi connectivity index (χ4v) is 2.54. The Balaban J connectivity index is 1.75. The van der Waals surface area contributed by atoms with Gasteiger partial charge in [0, 0.05) is 23.9 Å². The van der Waals surface area contributed by atoms with Gasteiger partial charge >= 0.3 is 0 Å². The van der Waals surface area contributed by atoms with Gasteiger partial charge in [-0.05, 0) is 43.2 Å². The minimum atomic E-state index is 0.0507. The van der Waals surface area contributed by atoms with Crippen LogP contribution in [0.3, 0.4) is 0 Å². The molecule has 0 radical (unpaired) electrons. The Morgan fingerprint density at radius 2 is 1.82 bits per heavy atom. The second kappa shape index (κ2) is 9.08. The van der Waals surface area contributed by atoms with Gasteiger partial charge in [0.15, 0.2) is 5.82 Å². The van der Waals surface area contributed by atoms with Crippen molar-refractivity contribution in [3.05, 3.63) is 60.3 Å². The second-order valence-electron chi connectivity index (χ2n) is 6.41. The van der Waals surface area contributed by atoms with Crippen LogP contribution in [0.2, 0.25) is 0 Å². The summed E-state index contributed by atoms with van der Waals surface area (Å²) in [7, 11) is 1.63. The molecule has 0 bridgehead atoms. The summed E-state index contributed by atoms with van der Waals surface area (Å²) in [4.78, 5) is 8.74. The smallest absolute Gasteiger partial charge is 0.217 e. The molecule has 0 fully saturated rings. The Hall–Kier alpha value is -3.28. The number of aromatic nitrogens is 2. The molecule has 0 saturated carbocycles. The number of hydrogen-bond donors (Lipinski definition) is 1. The van der Waals surface area contributed by atoms with Crippen molar-refractivity contribution in [2.24, 2.45) is 0 Å². The zero-order valence-electron chi connectivity index (χ0n) is 16.3. The molecule has 3 rings (SSSR count). The highest BCUT2D eigenvalue weighted by molar-refractivity contribution is 5.60. The quantitative estimate of drug-likeness (QED) is 0.615. The summed E-state index contributed by atoms with van der Waals surface area (Å²) < 4.78 is 16.7. The number of aromatic hydroxyl groups is 1. The van der Waals surface area contributed by atoms with Gasteiger partial charge in [-0.3, -0.25) is 0 Å². The first-order chi connectivity index (χ1) is 13.6. The van der Waals surface area contributed by atoms with Crippen LogP contribution < -0.4 is 14.2 Å². The average Bonchev–Trinajstić information content (AvgIpc) is 2.72. The van der Waals surface area contributed by atoms with Gasteiger partial charge < -0.3 is 19.3 Å². The summed E-state index contributed by atoms with van der Waals surface area (Å²) in [6.07, 6.45) is 2.55. The van der Waals surface area contributed by atoms with E-state index in [2.05, 4.69) is 9.97 Å². The van der Waals surface area contributed by atoms with Crippen LogP contribution in [-0.2, 0) is 6.61 Å². The summed E-state index contributed by atoms with van der Waals surface area (Å²) in [5.74, 6) is 2.39. The molecule has 1 aromatic heterocycles. The van der Waals surface area contributed by atoms with Crippen molar-refractivity contribution < 1.29 is 19.3 Å². The van der Waals surface area contributed by atoms with Crippen LogP contribution in [-0.4, -0.2) is 28.3 Å². The molecule has 2 aromatic carbocycles. The molecule has 0 aliphatic rings. The Morgan fingerprint density at radius 3 is 2.54 bits per heavy atom. The van der Waals surface area contributed by atoms with Gasteiger partial charge in [-0.2, -0.15) is 4.98 Å². The highest BCUT2D eigenvalue weighted by Gasteiger charge is 2.10. The van der Waals surface area contributed by atoms with Crippen molar-refractivity contribution in [2.45, 2.75) is 33.0 Å². The van der Waals surface area contributed by atoms with E-state index < -0.39 is 0 Å². The molecule has 1 atom stereocenters. The van der Waals surface area contributed by atoms with Crippen LogP contribution in [0.15, 0.2) is 54.7 Å². The highest BCUT2D eigenvalue weighted by atomic mass is 16.5. The lowest BCUT2D eigenvalue weighted by atomic mass is 10.2. The molecule has 0 amide bonds. The number of benzene rings is 2. The summed E-state index contributed by atoms with van der Waals surface area (Å²) in [5.41, 5.74) is 1.66. The SMILES string of the molecule is CCC(C)Oc1cc(O)cc(-c2nccc(OCc3ccc(OC)cc3)n2)c1. The van der Waals surface area contributed by atoms with Gasteiger partial charge in [-0.15, -0.1) is 0 Å². The predicted molar refractivity (Wildman–Crippen MR) is 107 cm³/mol. The van der Waals surface area contributed by atoms with E-state index in [1.807, 2.05) is 44.2 Å².